The monoisotopic (exact) mass is 263 g/mol. The zero-order valence-corrected chi connectivity index (χ0v) is 11.6. The molecule has 1 fully saturated rings. The van der Waals surface area contributed by atoms with Crippen LogP contribution in [0.15, 0.2) is 18.2 Å². The molecule has 0 aromatic heterocycles. The molecule has 2 aliphatic heterocycles. The molecule has 3 rings (SSSR count). The first-order valence-corrected chi connectivity index (χ1v) is 8.08. The third kappa shape index (κ3) is 2.77. The highest BCUT2D eigenvalue weighted by Crippen LogP contribution is 2.32. The van der Waals surface area contributed by atoms with Crippen LogP contribution in [0.3, 0.4) is 0 Å². The second-order valence-electron chi connectivity index (χ2n) is 5.11. The van der Waals surface area contributed by atoms with Gasteiger partial charge < -0.3 is 10.1 Å². The number of hydrogen-bond donors (Lipinski definition) is 1. The van der Waals surface area contributed by atoms with Crippen LogP contribution >= 0.6 is 11.8 Å². The standard InChI is InChI=1S/C15H21NOS/c1-2-10-18-12(5-1)11-17-15-8-3-7-14-13(15)6-4-9-16-14/h3,7-8,12,16H,1-2,4-6,9-11H2. The van der Waals surface area contributed by atoms with Crippen LogP contribution in [-0.4, -0.2) is 24.2 Å². The third-order valence-corrected chi connectivity index (χ3v) is 5.12. The predicted octanol–water partition coefficient (Wildman–Crippen LogP) is 3.71. The van der Waals surface area contributed by atoms with Crippen LogP contribution < -0.4 is 10.1 Å². The van der Waals surface area contributed by atoms with Gasteiger partial charge in [-0.3, -0.25) is 0 Å². The molecule has 1 aromatic carbocycles. The van der Waals surface area contributed by atoms with Crippen LogP contribution in [0.2, 0.25) is 0 Å². The summed E-state index contributed by atoms with van der Waals surface area (Å²) in [5, 5.41) is 4.16. The first-order chi connectivity index (χ1) is 8.93. The second kappa shape index (κ2) is 5.87. The van der Waals surface area contributed by atoms with Crippen LogP contribution in [0.5, 0.6) is 5.75 Å². The number of benzene rings is 1. The van der Waals surface area contributed by atoms with Crippen LogP contribution in [0, 0.1) is 0 Å². The molecule has 2 heterocycles. The molecule has 0 spiro atoms. The minimum atomic E-state index is 0.700. The number of hydrogen-bond acceptors (Lipinski definition) is 3. The Bertz CT molecular complexity index is 401. The summed E-state index contributed by atoms with van der Waals surface area (Å²) in [4.78, 5) is 0. The maximum absolute atomic E-state index is 6.08. The van der Waals surface area contributed by atoms with Gasteiger partial charge in [-0.2, -0.15) is 11.8 Å². The van der Waals surface area contributed by atoms with Crippen molar-refractivity contribution < 1.29 is 4.74 Å². The molecule has 3 heteroatoms. The molecular weight excluding hydrogens is 242 g/mol. The molecule has 1 saturated heterocycles. The fourth-order valence-electron chi connectivity index (χ4n) is 2.73. The van der Waals surface area contributed by atoms with Crippen LogP contribution in [0.25, 0.3) is 0 Å². The molecule has 0 aliphatic carbocycles. The van der Waals surface area contributed by atoms with E-state index in [1.807, 2.05) is 0 Å². The lowest BCUT2D eigenvalue weighted by Gasteiger charge is -2.24. The van der Waals surface area contributed by atoms with E-state index in [1.54, 1.807) is 0 Å². The average Bonchev–Trinajstić information content (AvgIpc) is 2.46. The van der Waals surface area contributed by atoms with Crippen LogP contribution in [0.4, 0.5) is 5.69 Å². The Kier molecular flexibility index (Phi) is 3.99. The van der Waals surface area contributed by atoms with Crippen LogP contribution in [0.1, 0.15) is 31.2 Å². The van der Waals surface area contributed by atoms with Crippen molar-refractivity contribution in [3.63, 3.8) is 0 Å². The van der Waals surface area contributed by atoms with Crippen molar-refractivity contribution in [2.75, 3.05) is 24.2 Å². The third-order valence-electron chi connectivity index (χ3n) is 3.75. The van der Waals surface area contributed by atoms with Gasteiger partial charge in [-0.05, 0) is 43.6 Å². The summed E-state index contributed by atoms with van der Waals surface area (Å²) in [6.45, 7) is 1.97. The highest BCUT2D eigenvalue weighted by atomic mass is 32.2. The van der Waals surface area contributed by atoms with Gasteiger partial charge in [0.15, 0.2) is 0 Å². The van der Waals surface area contributed by atoms with Crippen molar-refractivity contribution in [2.24, 2.45) is 0 Å². The van der Waals surface area contributed by atoms with Crippen molar-refractivity contribution in [3.8, 4) is 5.75 Å². The van der Waals surface area contributed by atoms with Crippen molar-refractivity contribution in [1.82, 2.24) is 0 Å². The Morgan fingerprint density at radius 2 is 2.28 bits per heavy atom. The maximum atomic E-state index is 6.08. The molecule has 0 bridgehead atoms. The Morgan fingerprint density at radius 3 is 3.17 bits per heavy atom. The van der Waals surface area contributed by atoms with Gasteiger partial charge in [-0.1, -0.05) is 12.5 Å². The van der Waals surface area contributed by atoms with Gasteiger partial charge in [0.2, 0.25) is 0 Å². The number of rotatable bonds is 3. The van der Waals surface area contributed by atoms with Gasteiger partial charge in [-0.15, -0.1) is 0 Å². The van der Waals surface area contributed by atoms with Gasteiger partial charge in [0, 0.05) is 23.0 Å². The largest absolute Gasteiger partial charge is 0.492 e. The summed E-state index contributed by atoms with van der Waals surface area (Å²) in [7, 11) is 0. The fraction of sp³-hybridized carbons (Fsp3) is 0.600. The minimum absolute atomic E-state index is 0.700. The Labute approximate surface area is 113 Å². The van der Waals surface area contributed by atoms with E-state index in [1.165, 1.54) is 42.7 Å². The first-order valence-electron chi connectivity index (χ1n) is 7.03. The highest BCUT2D eigenvalue weighted by Gasteiger charge is 2.17. The van der Waals surface area contributed by atoms with Gasteiger partial charge in [-0.25, -0.2) is 0 Å². The number of fused-ring (bicyclic) bond motifs is 1. The summed E-state index contributed by atoms with van der Waals surface area (Å²) in [5.41, 5.74) is 2.65. The molecule has 0 radical (unpaired) electrons. The van der Waals surface area contributed by atoms with Crippen molar-refractivity contribution in [3.05, 3.63) is 23.8 Å². The highest BCUT2D eigenvalue weighted by molar-refractivity contribution is 7.99. The van der Waals surface area contributed by atoms with Gasteiger partial charge >= 0.3 is 0 Å². The lowest BCUT2D eigenvalue weighted by molar-refractivity contribution is 0.306. The minimum Gasteiger partial charge on any atom is -0.492 e. The summed E-state index contributed by atoms with van der Waals surface area (Å²) in [6, 6.07) is 6.39. The molecule has 2 nitrogen and oxygen atoms in total. The fourth-order valence-corrected chi connectivity index (χ4v) is 3.94. The quantitative estimate of drug-likeness (QED) is 0.898. The molecule has 18 heavy (non-hydrogen) atoms. The van der Waals surface area contributed by atoms with E-state index in [-0.39, 0.29) is 0 Å². The number of anilines is 1. The van der Waals surface area contributed by atoms with E-state index in [4.69, 9.17) is 4.74 Å². The van der Waals surface area contributed by atoms with E-state index < -0.39 is 0 Å². The average molecular weight is 263 g/mol. The van der Waals surface area contributed by atoms with Gasteiger partial charge in [0.25, 0.3) is 0 Å². The lowest BCUT2D eigenvalue weighted by atomic mass is 10.0. The smallest absolute Gasteiger partial charge is 0.124 e. The molecule has 0 amide bonds. The Hall–Kier alpha value is -0.830. The molecule has 0 saturated carbocycles. The molecule has 1 unspecified atom stereocenters. The lowest BCUT2D eigenvalue weighted by Crippen LogP contribution is -2.19. The van der Waals surface area contributed by atoms with Crippen molar-refractivity contribution in [1.29, 1.82) is 0 Å². The maximum Gasteiger partial charge on any atom is 0.124 e. The predicted molar refractivity (Wildman–Crippen MR) is 78.8 cm³/mol. The van der Waals surface area contributed by atoms with E-state index in [2.05, 4.69) is 35.3 Å². The van der Waals surface area contributed by atoms with Crippen molar-refractivity contribution >= 4 is 17.4 Å². The Morgan fingerprint density at radius 1 is 1.28 bits per heavy atom. The van der Waals surface area contributed by atoms with E-state index in [9.17, 15) is 0 Å². The number of nitrogens with one attached hydrogen (secondary N) is 1. The summed E-state index contributed by atoms with van der Waals surface area (Å²) >= 11 is 2.08. The van der Waals surface area contributed by atoms with Crippen molar-refractivity contribution in [2.45, 2.75) is 37.4 Å². The molecule has 2 aliphatic rings. The number of ether oxygens (including phenoxy) is 1. The molecular formula is C15H21NOS. The van der Waals surface area contributed by atoms with E-state index in [0.29, 0.717) is 5.25 Å². The Balaban J connectivity index is 1.65. The number of thioether (sulfide) groups is 1. The second-order valence-corrected chi connectivity index (χ2v) is 6.52. The molecule has 1 aromatic rings. The zero-order chi connectivity index (χ0) is 12.2. The SMILES string of the molecule is c1cc2c(c(OCC3CCCCS3)c1)CCCN2. The molecule has 98 valence electrons. The summed E-state index contributed by atoms with van der Waals surface area (Å²) in [6.07, 6.45) is 6.43. The summed E-state index contributed by atoms with van der Waals surface area (Å²) < 4.78 is 6.08. The van der Waals surface area contributed by atoms with E-state index >= 15 is 0 Å². The first kappa shape index (κ1) is 12.2. The van der Waals surface area contributed by atoms with Gasteiger partial charge in [0.1, 0.15) is 12.4 Å². The summed E-state index contributed by atoms with van der Waals surface area (Å²) in [5.74, 6) is 2.41. The van der Waals surface area contributed by atoms with Gasteiger partial charge in [0.05, 0.1) is 0 Å². The topological polar surface area (TPSA) is 21.3 Å². The van der Waals surface area contributed by atoms with E-state index in [0.717, 1.165) is 25.3 Å². The molecule has 1 N–H and O–H groups in total. The normalized spacial score (nSPS) is 23.0. The zero-order valence-electron chi connectivity index (χ0n) is 10.8. The molecule has 1 atom stereocenters. The van der Waals surface area contributed by atoms with Crippen LogP contribution in [-0.2, 0) is 6.42 Å².